The molecule has 2 rings (SSSR count). The fraction of sp³-hybridized carbons (Fsp3) is 0.600. The lowest BCUT2D eigenvalue weighted by Gasteiger charge is -2.19. The second kappa shape index (κ2) is 5.09. The van der Waals surface area contributed by atoms with Crippen LogP contribution in [-0.4, -0.2) is 19.7 Å². The minimum Gasteiger partial charge on any atom is -0.496 e. The van der Waals surface area contributed by atoms with Crippen LogP contribution in [0.3, 0.4) is 0 Å². The Kier molecular flexibility index (Phi) is 3.72. The van der Waals surface area contributed by atoms with Crippen molar-refractivity contribution < 1.29 is 4.74 Å². The number of ether oxygens (including phenoxy) is 1. The molecule has 0 amide bonds. The van der Waals surface area contributed by atoms with Crippen molar-refractivity contribution in [2.45, 2.75) is 39.2 Å². The van der Waals surface area contributed by atoms with Gasteiger partial charge in [-0.3, -0.25) is 0 Å². The zero-order chi connectivity index (χ0) is 12.3. The number of methoxy groups -OCH3 is 1. The van der Waals surface area contributed by atoms with Crippen LogP contribution >= 0.6 is 0 Å². The van der Waals surface area contributed by atoms with Crippen molar-refractivity contribution in [1.82, 2.24) is 5.32 Å². The quantitative estimate of drug-likeness (QED) is 0.815. The van der Waals surface area contributed by atoms with Crippen LogP contribution in [0, 0.1) is 5.41 Å². The average molecular weight is 233 g/mol. The van der Waals surface area contributed by atoms with Crippen LogP contribution in [0.1, 0.15) is 32.3 Å². The summed E-state index contributed by atoms with van der Waals surface area (Å²) in [5.41, 5.74) is 1.83. The van der Waals surface area contributed by atoms with Crippen LogP contribution in [0.2, 0.25) is 0 Å². The molecule has 1 aliphatic carbocycles. The maximum atomic E-state index is 5.42. The minimum atomic E-state index is 0.485. The van der Waals surface area contributed by atoms with Crippen LogP contribution in [-0.2, 0) is 6.42 Å². The Balaban J connectivity index is 2.00. The van der Waals surface area contributed by atoms with Crippen LogP contribution in [0.25, 0.3) is 0 Å². The van der Waals surface area contributed by atoms with Gasteiger partial charge in [0.25, 0.3) is 0 Å². The Labute approximate surface area is 104 Å². The molecule has 0 bridgehead atoms. The van der Waals surface area contributed by atoms with Gasteiger partial charge in [0.1, 0.15) is 5.75 Å². The summed E-state index contributed by atoms with van der Waals surface area (Å²) in [5, 5.41) is 3.57. The van der Waals surface area contributed by atoms with E-state index in [0.717, 1.165) is 18.7 Å². The molecule has 0 spiro atoms. The first-order valence-electron chi connectivity index (χ1n) is 6.50. The van der Waals surface area contributed by atoms with Crippen molar-refractivity contribution in [3.63, 3.8) is 0 Å². The number of hydrogen-bond donors (Lipinski definition) is 1. The van der Waals surface area contributed by atoms with E-state index < -0.39 is 0 Å². The van der Waals surface area contributed by atoms with Crippen molar-refractivity contribution in [2.24, 2.45) is 5.41 Å². The van der Waals surface area contributed by atoms with Crippen molar-refractivity contribution >= 4 is 0 Å². The van der Waals surface area contributed by atoms with Gasteiger partial charge < -0.3 is 10.1 Å². The fourth-order valence-electron chi connectivity index (χ4n) is 2.27. The third kappa shape index (κ3) is 3.22. The largest absolute Gasteiger partial charge is 0.496 e. The average Bonchev–Trinajstić information content (AvgIpc) is 3.08. The minimum absolute atomic E-state index is 0.485. The zero-order valence-corrected chi connectivity index (χ0v) is 11.1. The van der Waals surface area contributed by atoms with Gasteiger partial charge in [0.05, 0.1) is 7.11 Å². The van der Waals surface area contributed by atoms with Crippen LogP contribution in [0.4, 0.5) is 0 Å². The van der Waals surface area contributed by atoms with Gasteiger partial charge in [-0.15, -0.1) is 0 Å². The number of para-hydroxylation sites is 1. The van der Waals surface area contributed by atoms with Crippen molar-refractivity contribution in [2.75, 3.05) is 13.7 Å². The lowest BCUT2D eigenvalue weighted by atomic mass is 9.95. The maximum absolute atomic E-state index is 5.42. The molecular formula is C15H23NO. The molecule has 1 fully saturated rings. The van der Waals surface area contributed by atoms with E-state index in [1.54, 1.807) is 7.11 Å². The molecule has 1 aliphatic rings. The molecule has 1 N–H and O–H groups in total. The van der Waals surface area contributed by atoms with Crippen molar-refractivity contribution in [1.29, 1.82) is 0 Å². The van der Waals surface area contributed by atoms with Crippen LogP contribution in [0.5, 0.6) is 5.75 Å². The normalized spacial score (nSPS) is 17.2. The van der Waals surface area contributed by atoms with Crippen molar-refractivity contribution in [3.05, 3.63) is 29.8 Å². The standard InChI is InChI=1S/C15H23NO/c1-12(2)16-11-15(8-9-15)10-13-6-4-5-7-14(13)17-3/h4-7,12,16H,8-11H2,1-3H3. The predicted molar refractivity (Wildman–Crippen MR) is 71.5 cm³/mol. The van der Waals surface area contributed by atoms with E-state index in [-0.39, 0.29) is 0 Å². The lowest BCUT2D eigenvalue weighted by Crippen LogP contribution is -2.31. The summed E-state index contributed by atoms with van der Waals surface area (Å²) >= 11 is 0. The van der Waals surface area contributed by atoms with E-state index in [1.807, 2.05) is 6.07 Å². The van der Waals surface area contributed by atoms with Gasteiger partial charge in [0.2, 0.25) is 0 Å². The lowest BCUT2D eigenvalue weighted by molar-refractivity contribution is 0.392. The molecule has 0 saturated heterocycles. The summed E-state index contributed by atoms with van der Waals surface area (Å²) in [6.07, 6.45) is 3.81. The maximum Gasteiger partial charge on any atom is 0.122 e. The number of rotatable bonds is 6. The number of nitrogens with one attached hydrogen (secondary N) is 1. The first-order valence-corrected chi connectivity index (χ1v) is 6.50. The molecule has 2 nitrogen and oxygen atoms in total. The monoisotopic (exact) mass is 233 g/mol. The van der Waals surface area contributed by atoms with E-state index in [4.69, 9.17) is 4.74 Å². The second-order valence-corrected chi connectivity index (χ2v) is 5.52. The molecule has 0 atom stereocenters. The summed E-state index contributed by atoms with van der Waals surface area (Å²) in [6.45, 7) is 5.54. The van der Waals surface area contributed by atoms with Gasteiger partial charge >= 0.3 is 0 Å². The summed E-state index contributed by atoms with van der Waals surface area (Å²) in [5.74, 6) is 1.03. The summed E-state index contributed by atoms with van der Waals surface area (Å²) in [6, 6.07) is 8.96. The van der Waals surface area contributed by atoms with Gasteiger partial charge in [-0.25, -0.2) is 0 Å². The third-order valence-corrected chi connectivity index (χ3v) is 3.60. The van der Waals surface area contributed by atoms with Crippen LogP contribution < -0.4 is 10.1 Å². The second-order valence-electron chi connectivity index (χ2n) is 5.52. The molecule has 1 saturated carbocycles. The highest BCUT2D eigenvalue weighted by atomic mass is 16.5. The number of hydrogen-bond acceptors (Lipinski definition) is 2. The summed E-state index contributed by atoms with van der Waals surface area (Å²) in [7, 11) is 1.75. The Morgan fingerprint density at radius 1 is 1.29 bits per heavy atom. The molecule has 94 valence electrons. The highest BCUT2D eigenvalue weighted by Crippen LogP contribution is 2.48. The summed E-state index contributed by atoms with van der Waals surface area (Å²) in [4.78, 5) is 0. The molecule has 1 aromatic carbocycles. The molecule has 0 aromatic heterocycles. The Bertz CT molecular complexity index is 369. The molecule has 0 radical (unpaired) electrons. The van der Waals surface area contributed by atoms with E-state index in [1.165, 1.54) is 18.4 Å². The molecule has 2 heteroatoms. The topological polar surface area (TPSA) is 21.3 Å². The fourth-order valence-corrected chi connectivity index (χ4v) is 2.27. The van der Waals surface area contributed by atoms with Gasteiger partial charge in [0.15, 0.2) is 0 Å². The predicted octanol–water partition coefficient (Wildman–Crippen LogP) is 3.02. The van der Waals surface area contributed by atoms with Gasteiger partial charge in [-0.05, 0) is 36.3 Å². The SMILES string of the molecule is COc1ccccc1CC1(CNC(C)C)CC1. The van der Waals surface area contributed by atoms with E-state index in [2.05, 4.69) is 37.4 Å². The van der Waals surface area contributed by atoms with Crippen molar-refractivity contribution in [3.8, 4) is 5.75 Å². The molecule has 0 aliphatic heterocycles. The highest BCUT2D eigenvalue weighted by Gasteiger charge is 2.42. The van der Waals surface area contributed by atoms with Crippen LogP contribution in [0.15, 0.2) is 24.3 Å². The summed E-state index contributed by atoms with van der Waals surface area (Å²) < 4.78 is 5.42. The van der Waals surface area contributed by atoms with Gasteiger partial charge in [0, 0.05) is 12.6 Å². The van der Waals surface area contributed by atoms with E-state index in [0.29, 0.717) is 11.5 Å². The zero-order valence-electron chi connectivity index (χ0n) is 11.1. The number of benzene rings is 1. The first-order chi connectivity index (χ1) is 8.15. The van der Waals surface area contributed by atoms with E-state index in [9.17, 15) is 0 Å². The Morgan fingerprint density at radius 2 is 2.00 bits per heavy atom. The van der Waals surface area contributed by atoms with Gasteiger partial charge in [-0.1, -0.05) is 32.0 Å². The Morgan fingerprint density at radius 3 is 2.59 bits per heavy atom. The molecule has 1 aromatic rings. The molecule has 0 unspecified atom stereocenters. The smallest absolute Gasteiger partial charge is 0.122 e. The Hall–Kier alpha value is -1.02. The third-order valence-electron chi connectivity index (χ3n) is 3.60. The van der Waals surface area contributed by atoms with Gasteiger partial charge in [-0.2, -0.15) is 0 Å². The highest BCUT2D eigenvalue weighted by molar-refractivity contribution is 5.34. The molecule has 0 heterocycles. The first kappa shape index (κ1) is 12.4. The molecular weight excluding hydrogens is 210 g/mol. The van der Waals surface area contributed by atoms with E-state index >= 15 is 0 Å². The molecule has 17 heavy (non-hydrogen) atoms.